The number of ether oxygens (including phenoxy) is 1. The molecule has 6 nitrogen and oxygen atoms in total. The lowest BCUT2D eigenvalue weighted by molar-refractivity contribution is -0.127. The first kappa shape index (κ1) is 17.9. The highest BCUT2D eigenvalue weighted by Gasteiger charge is 2.16. The standard InChI is InChI=1S/C19H18ClN3O3/c1-12-7-9-14(10-8-12)25-13(2)19(24)21-11-17-22-18(23-26-17)15-5-3-4-6-16(15)20/h3-10,13H,11H2,1-2H3,(H,21,24). The van der Waals surface area contributed by atoms with Gasteiger partial charge < -0.3 is 14.6 Å². The number of nitrogens with zero attached hydrogens (tertiary/aromatic N) is 2. The molecule has 0 fully saturated rings. The second-order valence-corrected chi connectivity index (χ2v) is 6.19. The molecule has 0 spiro atoms. The third-order valence-electron chi connectivity index (χ3n) is 3.70. The molecule has 1 aromatic heterocycles. The highest BCUT2D eigenvalue weighted by atomic mass is 35.5. The maximum atomic E-state index is 12.2. The summed E-state index contributed by atoms with van der Waals surface area (Å²) in [7, 11) is 0. The van der Waals surface area contributed by atoms with Crippen LogP contribution in [0.15, 0.2) is 53.1 Å². The Morgan fingerprint density at radius 2 is 1.96 bits per heavy atom. The fourth-order valence-electron chi connectivity index (χ4n) is 2.26. The Bertz CT molecular complexity index is 893. The van der Waals surface area contributed by atoms with Crippen LogP contribution in [-0.4, -0.2) is 22.2 Å². The van der Waals surface area contributed by atoms with Gasteiger partial charge in [-0.2, -0.15) is 4.98 Å². The highest BCUT2D eigenvalue weighted by molar-refractivity contribution is 6.33. The molecule has 0 bridgehead atoms. The fourth-order valence-corrected chi connectivity index (χ4v) is 2.48. The number of carbonyl (C=O) groups excluding carboxylic acids is 1. The van der Waals surface area contributed by atoms with E-state index in [-0.39, 0.29) is 18.3 Å². The van der Waals surface area contributed by atoms with E-state index in [0.717, 1.165) is 5.56 Å². The van der Waals surface area contributed by atoms with E-state index in [2.05, 4.69) is 15.5 Å². The van der Waals surface area contributed by atoms with Gasteiger partial charge in [0.05, 0.1) is 11.6 Å². The van der Waals surface area contributed by atoms with Crippen LogP contribution in [0.25, 0.3) is 11.4 Å². The Labute approximate surface area is 156 Å². The fraction of sp³-hybridized carbons (Fsp3) is 0.211. The van der Waals surface area contributed by atoms with Crippen molar-refractivity contribution in [2.45, 2.75) is 26.5 Å². The van der Waals surface area contributed by atoms with E-state index < -0.39 is 6.10 Å². The molecule has 0 saturated heterocycles. The van der Waals surface area contributed by atoms with Gasteiger partial charge >= 0.3 is 0 Å². The number of aryl methyl sites for hydroxylation is 1. The maximum absolute atomic E-state index is 12.2. The van der Waals surface area contributed by atoms with Crippen molar-refractivity contribution in [2.24, 2.45) is 0 Å². The molecule has 2 aromatic carbocycles. The minimum atomic E-state index is -0.649. The van der Waals surface area contributed by atoms with Crippen LogP contribution in [0, 0.1) is 6.92 Å². The molecule has 0 aliphatic carbocycles. The molecule has 3 aromatic rings. The van der Waals surface area contributed by atoms with Crippen LogP contribution in [0.2, 0.25) is 5.02 Å². The van der Waals surface area contributed by atoms with Crippen LogP contribution in [0.3, 0.4) is 0 Å². The monoisotopic (exact) mass is 371 g/mol. The molecule has 134 valence electrons. The number of benzene rings is 2. The summed E-state index contributed by atoms with van der Waals surface area (Å²) in [6.45, 7) is 3.78. The zero-order valence-electron chi connectivity index (χ0n) is 14.4. The number of rotatable bonds is 6. The average molecular weight is 372 g/mol. The Balaban J connectivity index is 1.56. The number of halogens is 1. The normalized spacial score (nSPS) is 11.8. The second kappa shape index (κ2) is 8.01. The van der Waals surface area contributed by atoms with Crippen LogP contribution >= 0.6 is 11.6 Å². The molecular weight excluding hydrogens is 354 g/mol. The molecule has 0 saturated carbocycles. The summed E-state index contributed by atoms with van der Waals surface area (Å²) in [6.07, 6.45) is -0.649. The quantitative estimate of drug-likeness (QED) is 0.713. The third kappa shape index (κ3) is 4.40. The molecule has 0 radical (unpaired) electrons. The minimum Gasteiger partial charge on any atom is -0.481 e. The topological polar surface area (TPSA) is 77.2 Å². The molecule has 1 heterocycles. The van der Waals surface area contributed by atoms with Crippen molar-refractivity contribution < 1.29 is 14.1 Å². The molecule has 3 rings (SSSR count). The van der Waals surface area contributed by atoms with Crippen molar-refractivity contribution in [3.05, 3.63) is 65.0 Å². The van der Waals surface area contributed by atoms with Crippen LogP contribution in [0.5, 0.6) is 5.75 Å². The lowest BCUT2D eigenvalue weighted by Gasteiger charge is -2.14. The van der Waals surface area contributed by atoms with E-state index in [1.807, 2.05) is 43.3 Å². The molecule has 1 amide bonds. The van der Waals surface area contributed by atoms with Gasteiger partial charge in [0.2, 0.25) is 11.7 Å². The zero-order chi connectivity index (χ0) is 18.5. The van der Waals surface area contributed by atoms with Crippen LogP contribution < -0.4 is 10.1 Å². The molecule has 1 N–H and O–H groups in total. The van der Waals surface area contributed by atoms with Gasteiger partial charge in [-0.15, -0.1) is 0 Å². The lowest BCUT2D eigenvalue weighted by Crippen LogP contribution is -2.35. The van der Waals surface area contributed by atoms with Gasteiger partial charge in [-0.25, -0.2) is 0 Å². The molecule has 0 aliphatic rings. The van der Waals surface area contributed by atoms with Gasteiger partial charge in [0, 0.05) is 5.56 Å². The number of amides is 1. The Morgan fingerprint density at radius 3 is 2.69 bits per heavy atom. The summed E-state index contributed by atoms with van der Waals surface area (Å²) >= 11 is 6.12. The van der Waals surface area contributed by atoms with Crippen molar-refractivity contribution in [3.8, 4) is 17.1 Å². The zero-order valence-corrected chi connectivity index (χ0v) is 15.2. The van der Waals surface area contributed by atoms with Crippen LogP contribution in [-0.2, 0) is 11.3 Å². The van der Waals surface area contributed by atoms with Gasteiger partial charge in [-0.3, -0.25) is 4.79 Å². The first-order chi connectivity index (χ1) is 12.5. The molecule has 1 atom stereocenters. The summed E-state index contributed by atoms with van der Waals surface area (Å²) in [5.74, 6) is 1.03. The summed E-state index contributed by atoms with van der Waals surface area (Å²) in [5.41, 5.74) is 1.80. The first-order valence-corrected chi connectivity index (χ1v) is 8.49. The first-order valence-electron chi connectivity index (χ1n) is 8.11. The number of carbonyl (C=O) groups is 1. The predicted octanol–water partition coefficient (Wildman–Crippen LogP) is 3.78. The molecule has 0 aliphatic heterocycles. The van der Waals surface area contributed by atoms with Gasteiger partial charge in [0.15, 0.2) is 6.10 Å². The van der Waals surface area contributed by atoms with E-state index in [1.54, 1.807) is 19.1 Å². The maximum Gasteiger partial charge on any atom is 0.261 e. The van der Waals surface area contributed by atoms with Gasteiger partial charge in [0.1, 0.15) is 5.75 Å². The summed E-state index contributed by atoms with van der Waals surface area (Å²) in [5, 5.41) is 7.14. The Morgan fingerprint density at radius 1 is 1.23 bits per heavy atom. The lowest BCUT2D eigenvalue weighted by atomic mass is 10.2. The molecule has 7 heteroatoms. The van der Waals surface area contributed by atoms with E-state index >= 15 is 0 Å². The summed E-state index contributed by atoms with van der Waals surface area (Å²) in [6, 6.07) is 14.7. The molecular formula is C19H18ClN3O3. The largest absolute Gasteiger partial charge is 0.481 e. The summed E-state index contributed by atoms with van der Waals surface area (Å²) < 4.78 is 10.8. The number of hydrogen-bond donors (Lipinski definition) is 1. The Hall–Kier alpha value is -2.86. The second-order valence-electron chi connectivity index (χ2n) is 5.78. The van der Waals surface area contributed by atoms with Gasteiger partial charge in [-0.05, 0) is 38.1 Å². The van der Waals surface area contributed by atoms with Crippen molar-refractivity contribution >= 4 is 17.5 Å². The minimum absolute atomic E-state index is 0.109. The van der Waals surface area contributed by atoms with Gasteiger partial charge in [-0.1, -0.05) is 46.6 Å². The van der Waals surface area contributed by atoms with E-state index in [1.165, 1.54) is 0 Å². The smallest absolute Gasteiger partial charge is 0.261 e. The number of nitrogens with one attached hydrogen (secondary N) is 1. The van der Waals surface area contributed by atoms with Crippen LogP contribution in [0.4, 0.5) is 0 Å². The van der Waals surface area contributed by atoms with Crippen LogP contribution in [0.1, 0.15) is 18.4 Å². The molecule has 1 unspecified atom stereocenters. The molecule has 26 heavy (non-hydrogen) atoms. The summed E-state index contributed by atoms with van der Waals surface area (Å²) in [4.78, 5) is 16.4. The SMILES string of the molecule is Cc1ccc(OC(C)C(=O)NCc2nc(-c3ccccc3Cl)no2)cc1. The van der Waals surface area contributed by atoms with Crippen molar-refractivity contribution in [2.75, 3.05) is 0 Å². The van der Waals surface area contributed by atoms with Gasteiger partial charge in [0.25, 0.3) is 5.91 Å². The van der Waals surface area contributed by atoms with E-state index in [4.69, 9.17) is 20.9 Å². The van der Waals surface area contributed by atoms with Crippen molar-refractivity contribution in [1.29, 1.82) is 0 Å². The third-order valence-corrected chi connectivity index (χ3v) is 4.03. The predicted molar refractivity (Wildman–Crippen MR) is 97.9 cm³/mol. The number of hydrogen-bond acceptors (Lipinski definition) is 5. The van der Waals surface area contributed by atoms with E-state index in [0.29, 0.717) is 22.2 Å². The van der Waals surface area contributed by atoms with E-state index in [9.17, 15) is 4.79 Å². The Kier molecular flexibility index (Phi) is 5.53. The number of aromatic nitrogens is 2. The average Bonchev–Trinajstić information content (AvgIpc) is 3.10. The van der Waals surface area contributed by atoms with Crippen molar-refractivity contribution in [3.63, 3.8) is 0 Å². The highest BCUT2D eigenvalue weighted by Crippen LogP contribution is 2.24. The van der Waals surface area contributed by atoms with Crippen molar-refractivity contribution in [1.82, 2.24) is 15.5 Å².